The topological polar surface area (TPSA) is 26.3 Å². The Kier molecular flexibility index (Phi) is 8.03. The van der Waals surface area contributed by atoms with E-state index < -0.39 is 34.6 Å². The number of benzene rings is 2. The molecule has 12 heteroatoms. The van der Waals surface area contributed by atoms with Crippen molar-refractivity contribution in [3.63, 3.8) is 0 Å². The molecule has 182 valence electrons. The van der Waals surface area contributed by atoms with Gasteiger partial charge in [-0.25, -0.2) is 0 Å². The second-order valence-corrected chi connectivity index (χ2v) is 7.91. The van der Waals surface area contributed by atoms with E-state index in [9.17, 15) is 44.3 Å². The maximum Gasteiger partial charge on any atom is 0.460 e. The predicted octanol–water partition coefficient (Wildman–Crippen LogP) is 7.72. The Morgan fingerprint density at radius 1 is 0.818 bits per heavy atom. The summed E-state index contributed by atoms with van der Waals surface area (Å²) in [7, 11) is 0. The van der Waals surface area contributed by atoms with Crippen molar-refractivity contribution in [2.24, 2.45) is 0 Å². The van der Waals surface area contributed by atoms with Crippen LogP contribution < -0.4 is 4.74 Å². The largest absolute Gasteiger partial charge is 0.494 e. The Labute approximate surface area is 187 Å². The van der Waals surface area contributed by atoms with Crippen LogP contribution in [-0.4, -0.2) is 29.7 Å². The van der Waals surface area contributed by atoms with Crippen LogP contribution in [0, 0.1) is 0 Å². The Bertz CT molecular complexity index is 940. The van der Waals surface area contributed by atoms with E-state index in [1.807, 2.05) is 6.92 Å². The fraction of sp³-hybridized carbons (Fsp3) is 0.381. The van der Waals surface area contributed by atoms with Crippen LogP contribution in [0.3, 0.4) is 0 Å². The summed E-state index contributed by atoms with van der Waals surface area (Å²) in [5.41, 5.74) is -2.06. The molecule has 0 N–H and O–H groups in total. The first-order valence-corrected chi connectivity index (χ1v) is 10.2. The van der Waals surface area contributed by atoms with Crippen LogP contribution in [0.5, 0.6) is 5.75 Å². The van der Waals surface area contributed by atoms with Crippen LogP contribution in [0.4, 0.5) is 39.5 Å². The third kappa shape index (κ3) is 5.59. The standard InChI is InChI=1S/C21H17F9O2S/c1-2-3-12-32-15-8-10-16(11-9-15)33-17(31)13-4-6-14(7-5-13)18(22,23)19(24,25)20(26,27)21(28,29)30/h4-11H,2-3,12H2,1H3. The zero-order chi connectivity index (χ0) is 25.1. The highest BCUT2D eigenvalue weighted by Gasteiger charge is 2.82. The second-order valence-electron chi connectivity index (χ2n) is 6.86. The fourth-order valence-corrected chi connectivity index (χ4v) is 3.22. The van der Waals surface area contributed by atoms with E-state index in [-0.39, 0.29) is 17.7 Å². The Morgan fingerprint density at radius 2 is 1.36 bits per heavy atom. The molecule has 0 unspecified atom stereocenters. The van der Waals surface area contributed by atoms with Gasteiger partial charge in [-0.3, -0.25) is 4.79 Å². The minimum Gasteiger partial charge on any atom is -0.494 e. The number of hydrogen-bond donors (Lipinski definition) is 0. The van der Waals surface area contributed by atoms with Crippen LogP contribution in [0.2, 0.25) is 0 Å². The molecule has 0 aliphatic carbocycles. The molecule has 2 rings (SSSR count). The zero-order valence-corrected chi connectivity index (χ0v) is 17.7. The molecule has 0 amide bonds. The molecule has 0 heterocycles. The number of halogens is 9. The van der Waals surface area contributed by atoms with Crippen molar-refractivity contribution >= 4 is 16.9 Å². The number of rotatable bonds is 9. The molecule has 0 aliphatic rings. The molecule has 2 nitrogen and oxygen atoms in total. The van der Waals surface area contributed by atoms with Crippen molar-refractivity contribution in [1.82, 2.24) is 0 Å². The lowest BCUT2D eigenvalue weighted by molar-refractivity contribution is -0.399. The van der Waals surface area contributed by atoms with E-state index in [0.29, 0.717) is 41.1 Å². The van der Waals surface area contributed by atoms with Crippen LogP contribution in [0.15, 0.2) is 53.4 Å². The summed E-state index contributed by atoms with van der Waals surface area (Å²) < 4.78 is 123. The van der Waals surface area contributed by atoms with Gasteiger partial charge in [0.05, 0.1) is 6.61 Å². The van der Waals surface area contributed by atoms with Crippen molar-refractivity contribution < 1.29 is 49.0 Å². The molecule has 0 aliphatic heterocycles. The number of thioether (sulfide) groups is 1. The quantitative estimate of drug-likeness (QED) is 0.199. The van der Waals surface area contributed by atoms with E-state index in [1.54, 1.807) is 24.3 Å². The summed E-state index contributed by atoms with van der Waals surface area (Å²) in [6.45, 7) is 2.50. The zero-order valence-electron chi connectivity index (χ0n) is 16.9. The molecule has 2 aromatic carbocycles. The molecular formula is C21H17F9O2S. The summed E-state index contributed by atoms with van der Waals surface area (Å²) in [5, 5.41) is -0.697. The highest BCUT2D eigenvalue weighted by Crippen LogP contribution is 2.56. The summed E-state index contributed by atoms with van der Waals surface area (Å²) in [6, 6.07) is 7.98. The molecule has 33 heavy (non-hydrogen) atoms. The van der Waals surface area contributed by atoms with E-state index in [2.05, 4.69) is 0 Å². The fourth-order valence-electron chi connectivity index (χ4n) is 2.48. The van der Waals surface area contributed by atoms with Gasteiger partial charge in [-0.1, -0.05) is 25.5 Å². The van der Waals surface area contributed by atoms with Gasteiger partial charge in [0.1, 0.15) is 5.75 Å². The molecule has 0 fully saturated rings. The van der Waals surface area contributed by atoms with Gasteiger partial charge in [-0.15, -0.1) is 0 Å². The van der Waals surface area contributed by atoms with Gasteiger partial charge in [0.2, 0.25) is 5.12 Å². The first-order valence-electron chi connectivity index (χ1n) is 9.41. The average Bonchev–Trinajstić information content (AvgIpc) is 2.74. The van der Waals surface area contributed by atoms with Gasteiger partial charge in [-0.05, 0) is 54.6 Å². The molecule has 0 saturated heterocycles. The summed E-state index contributed by atoms with van der Waals surface area (Å²) in [4.78, 5) is 12.7. The van der Waals surface area contributed by atoms with E-state index in [4.69, 9.17) is 4.74 Å². The maximum absolute atomic E-state index is 14.0. The third-order valence-electron chi connectivity index (χ3n) is 4.43. The maximum atomic E-state index is 14.0. The van der Waals surface area contributed by atoms with Gasteiger partial charge in [0.15, 0.2) is 0 Å². The second kappa shape index (κ2) is 9.86. The highest BCUT2D eigenvalue weighted by molar-refractivity contribution is 8.14. The smallest absolute Gasteiger partial charge is 0.460 e. The van der Waals surface area contributed by atoms with Crippen molar-refractivity contribution in [3.8, 4) is 5.75 Å². The molecular weight excluding hydrogens is 487 g/mol. The van der Waals surface area contributed by atoms with Gasteiger partial charge in [0.25, 0.3) is 0 Å². The lowest BCUT2D eigenvalue weighted by Gasteiger charge is -2.33. The van der Waals surface area contributed by atoms with E-state index in [0.717, 1.165) is 12.8 Å². The monoisotopic (exact) mass is 504 g/mol. The summed E-state index contributed by atoms with van der Waals surface area (Å²) in [5.74, 6) is -19.1. The van der Waals surface area contributed by atoms with Crippen molar-refractivity contribution in [2.75, 3.05) is 6.61 Å². The lowest BCUT2D eigenvalue weighted by Crippen LogP contribution is -2.59. The highest BCUT2D eigenvalue weighted by atomic mass is 32.2. The van der Waals surface area contributed by atoms with Crippen molar-refractivity contribution in [3.05, 3.63) is 59.7 Å². The van der Waals surface area contributed by atoms with Crippen molar-refractivity contribution in [2.45, 2.75) is 48.6 Å². The van der Waals surface area contributed by atoms with Crippen LogP contribution in [0.1, 0.15) is 35.7 Å². The van der Waals surface area contributed by atoms with Gasteiger partial charge in [0, 0.05) is 16.0 Å². The average molecular weight is 504 g/mol. The molecule has 0 spiro atoms. The minimum absolute atomic E-state index is 0.207. The number of hydrogen-bond acceptors (Lipinski definition) is 3. The first kappa shape index (κ1) is 26.9. The predicted molar refractivity (Wildman–Crippen MR) is 103 cm³/mol. The number of carbonyl (C=O) groups excluding carboxylic acids is 1. The van der Waals surface area contributed by atoms with Gasteiger partial charge >= 0.3 is 23.9 Å². The van der Waals surface area contributed by atoms with E-state index in [1.165, 1.54) is 0 Å². The van der Waals surface area contributed by atoms with E-state index >= 15 is 0 Å². The molecule has 0 atom stereocenters. The SMILES string of the molecule is CCCCOc1ccc(SC(=O)c2ccc(C(F)(F)C(F)(F)C(F)(F)C(F)(F)F)cc2)cc1. The number of alkyl halides is 9. The normalized spacial score (nSPS) is 13.2. The molecule has 0 radical (unpaired) electrons. The lowest BCUT2D eigenvalue weighted by atomic mass is 9.96. The molecule has 0 aromatic heterocycles. The molecule has 0 saturated carbocycles. The summed E-state index contributed by atoms with van der Waals surface area (Å²) >= 11 is 0.661. The number of ether oxygens (including phenoxy) is 1. The Balaban J connectivity index is 2.15. The van der Waals surface area contributed by atoms with Crippen LogP contribution in [-0.2, 0) is 5.92 Å². The minimum atomic E-state index is -6.99. The van der Waals surface area contributed by atoms with Crippen LogP contribution >= 0.6 is 11.8 Å². The Hall–Kier alpha value is -2.37. The molecule has 0 bridgehead atoms. The van der Waals surface area contributed by atoms with Crippen molar-refractivity contribution in [1.29, 1.82) is 0 Å². The van der Waals surface area contributed by atoms with Gasteiger partial charge in [-0.2, -0.15) is 39.5 Å². The Morgan fingerprint density at radius 3 is 1.85 bits per heavy atom. The third-order valence-corrected chi connectivity index (χ3v) is 5.36. The molecule has 2 aromatic rings. The van der Waals surface area contributed by atoms with Gasteiger partial charge < -0.3 is 4.74 Å². The number of carbonyl (C=O) groups is 1. The van der Waals surface area contributed by atoms with Crippen LogP contribution in [0.25, 0.3) is 0 Å². The summed E-state index contributed by atoms with van der Waals surface area (Å²) in [6.07, 6.45) is -5.11. The first-order chi connectivity index (χ1) is 15.1. The number of unbranched alkanes of at least 4 members (excludes halogenated alkanes) is 1.